The fraction of sp³-hybridized carbons (Fsp3) is 0.583. The largest absolute Gasteiger partial charge is 0.370 e. The van der Waals surface area contributed by atoms with Gasteiger partial charge in [-0.15, -0.1) is 24.0 Å². The number of H-pyrrole nitrogens is 1. The van der Waals surface area contributed by atoms with Crippen LogP contribution in [0.5, 0.6) is 0 Å². The summed E-state index contributed by atoms with van der Waals surface area (Å²) in [5.74, 6) is 0.844. The minimum Gasteiger partial charge on any atom is -0.370 e. The topological polar surface area (TPSA) is 108 Å². The van der Waals surface area contributed by atoms with Gasteiger partial charge in [0.2, 0.25) is 0 Å². The summed E-state index contributed by atoms with van der Waals surface area (Å²) in [4.78, 5) is 15.7. The van der Waals surface area contributed by atoms with Gasteiger partial charge in [-0.2, -0.15) is 5.10 Å². The molecule has 0 unspecified atom stereocenters. The predicted octanol–water partition coefficient (Wildman–Crippen LogP) is 0.708. The van der Waals surface area contributed by atoms with Crippen molar-refractivity contribution in [1.82, 2.24) is 20.8 Å². The molecule has 5 N–H and O–H groups in total. The standard InChI is InChI=1S/C12H22N6O.HI/c1-9(2)3-5-15-12(13)16-8-7-14-11(19)10-4-6-17-18-10;/h4,6,9H,3,5,7-8H2,1-2H3,(H,14,19)(H,17,18)(H3,13,15,16);1H. The Bertz CT molecular complexity index is 404. The zero-order valence-corrected chi connectivity index (χ0v) is 14.2. The molecule has 0 saturated carbocycles. The van der Waals surface area contributed by atoms with Crippen LogP contribution in [0.15, 0.2) is 17.3 Å². The molecule has 8 heteroatoms. The molecule has 0 aliphatic carbocycles. The lowest BCUT2D eigenvalue weighted by atomic mass is 10.1. The molecule has 1 aromatic rings. The van der Waals surface area contributed by atoms with Crippen molar-refractivity contribution in [3.63, 3.8) is 0 Å². The third kappa shape index (κ3) is 7.97. The number of amides is 1. The van der Waals surface area contributed by atoms with Crippen molar-refractivity contribution in [2.75, 3.05) is 19.6 Å². The van der Waals surface area contributed by atoms with Gasteiger partial charge in [-0.3, -0.25) is 14.9 Å². The normalized spacial score (nSPS) is 11.1. The van der Waals surface area contributed by atoms with Crippen molar-refractivity contribution in [3.05, 3.63) is 18.0 Å². The maximum absolute atomic E-state index is 11.5. The number of guanidine groups is 1. The molecule has 1 rings (SSSR count). The summed E-state index contributed by atoms with van der Waals surface area (Å²) in [6.45, 7) is 6.01. The van der Waals surface area contributed by atoms with Crippen LogP contribution in [0, 0.1) is 5.92 Å². The number of halogens is 1. The third-order valence-corrected chi connectivity index (χ3v) is 2.45. The summed E-state index contributed by atoms with van der Waals surface area (Å²) in [7, 11) is 0. The summed E-state index contributed by atoms with van der Waals surface area (Å²) in [5, 5.41) is 12.0. The van der Waals surface area contributed by atoms with E-state index in [1.54, 1.807) is 6.07 Å². The number of carbonyl (C=O) groups excluding carboxylic acids is 1. The zero-order valence-electron chi connectivity index (χ0n) is 11.8. The van der Waals surface area contributed by atoms with E-state index < -0.39 is 0 Å². The highest BCUT2D eigenvalue weighted by Crippen LogP contribution is 1.97. The Kier molecular flexibility index (Phi) is 9.77. The molecule has 0 saturated heterocycles. The molecule has 0 atom stereocenters. The van der Waals surface area contributed by atoms with E-state index in [2.05, 4.69) is 39.7 Å². The minimum absolute atomic E-state index is 0. The van der Waals surface area contributed by atoms with Gasteiger partial charge in [0.05, 0.1) is 0 Å². The van der Waals surface area contributed by atoms with Crippen molar-refractivity contribution in [2.24, 2.45) is 16.6 Å². The van der Waals surface area contributed by atoms with Gasteiger partial charge in [-0.1, -0.05) is 13.8 Å². The number of aromatic amines is 1. The Balaban J connectivity index is 0.00000361. The number of nitrogens with two attached hydrogens (primary N) is 1. The maximum Gasteiger partial charge on any atom is 0.269 e. The Labute approximate surface area is 136 Å². The third-order valence-electron chi connectivity index (χ3n) is 2.45. The molecule has 0 fully saturated rings. The number of aromatic nitrogens is 2. The van der Waals surface area contributed by atoms with Gasteiger partial charge in [0.25, 0.3) is 5.91 Å². The van der Waals surface area contributed by atoms with E-state index >= 15 is 0 Å². The molecule has 0 aliphatic heterocycles. The van der Waals surface area contributed by atoms with E-state index in [9.17, 15) is 4.79 Å². The lowest BCUT2D eigenvalue weighted by molar-refractivity contribution is 0.0949. The average Bonchev–Trinajstić information content (AvgIpc) is 2.87. The molecule has 0 spiro atoms. The van der Waals surface area contributed by atoms with E-state index in [-0.39, 0.29) is 29.9 Å². The molecule has 1 heterocycles. The highest BCUT2D eigenvalue weighted by molar-refractivity contribution is 14.0. The predicted molar refractivity (Wildman–Crippen MR) is 90.3 cm³/mol. The van der Waals surface area contributed by atoms with Crippen LogP contribution >= 0.6 is 24.0 Å². The average molecular weight is 394 g/mol. The smallest absolute Gasteiger partial charge is 0.269 e. The first-order valence-electron chi connectivity index (χ1n) is 6.41. The Hall–Kier alpha value is -1.32. The van der Waals surface area contributed by atoms with Crippen molar-refractivity contribution in [1.29, 1.82) is 0 Å². The first-order valence-corrected chi connectivity index (χ1v) is 6.41. The van der Waals surface area contributed by atoms with Gasteiger partial charge in [0, 0.05) is 25.8 Å². The molecule has 7 nitrogen and oxygen atoms in total. The van der Waals surface area contributed by atoms with Gasteiger partial charge < -0.3 is 16.4 Å². The molecule has 20 heavy (non-hydrogen) atoms. The lowest BCUT2D eigenvalue weighted by Crippen LogP contribution is -2.38. The van der Waals surface area contributed by atoms with Crippen LogP contribution in [0.3, 0.4) is 0 Å². The van der Waals surface area contributed by atoms with Gasteiger partial charge >= 0.3 is 0 Å². The number of aliphatic imine (C=N–C) groups is 1. The highest BCUT2D eigenvalue weighted by atomic mass is 127. The van der Waals surface area contributed by atoms with Crippen LogP contribution in [0.25, 0.3) is 0 Å². The van der Waals surface area contributed by atoms with E-state index in [1.165, 1.54) is 6.20 Å². The quantitative estimate of drug-likeness (QED) is 0.236. The molecule has 1 aromatic heterocycles. The van der Waals surface area contributed by atoms with Crippen LogP contribution in [0.2, 0.25) is 0 Å². The Morgan fingerprint density at radius 2 is 2.15 bits per heavy atom. The molecule has 1 amide bonds. The minimum atomic E-state index is -0.186. The molecule has 0 aromatic carbocycles. The molecule has 114 valence electrons. The van der Waals surface area contributed by atoms with Crippen LogP contribution in [-0.4, -0.2) is 41.7 Å². The first kappa shape index (κ1) is 18.7. The fourth-order valence-corrected chi connectivity index (χ4v) is 1.34. The lowest BCUT2D eigenvalue weighted by Gasteiger charge is -2.07. The summed E-state index contributed by atoms with van der Waals surface area (Å²) in [6.07, 6.45) is 2.55. The van der Waals surface area contributed by atoms with Crippen molar-refractivity contribution >= 4 is 35.8 Å². The summed E-state index contributed by atoms with van der Waals surface area (Å²) >= 11 is 0. The maximum atomic E-state index is 11.5. The van der Waals surface area contributed by atoms with Gasteiger partial charge in [0.15, 0.2) is 5.96 Å². The molecule has 0 radical (unpaired) electrons. The van der Waals surface area contributed by atoms with Crippen LogP contribution < -0.4 is 16.4 Å². The SMILES string of the molecule is CC(C)CCN=C(N)NCCNC(=O)c1ccn[nH]1.I. The second-order valence-corrected chi connectivity index (χ2v) is 4.60. The fourth-order valence-electron chi connectivity index (χ4n) is 1.34. The number of carbonyl (C=O) groups is 1. The van der Waals surface area contributed by atoms with E-state index in [0.717, 1.165) is 13.0 Å². The second-order valence-electron chi connectivity index (χ2n) is 4.60. The monoisotopic (exact) mass is 394 g/mol. The molecular weight excluding hydrogens is 371 g/mol. The van der Waals surface area contributed by atoms with Crippen molar-refractivity contribution < 1.29 is 4.79 Å². The van der Waals surface area contributed by atoms with E-state index in [1.807, 2.05) is 0 Å². The second kappa shape index (κ2) is 10.5. The number of nitrogens with one attached hydrogen (secondary N) is 3. The molecular formula is C12H23IN6O. The van der Waals surface area contributed by atoms with Gasteiger partial charge in [-0.25, -0.2) is 0 Å². The van der Waals surface area contributed by atoms with Crippen LogP contribution in [0.1, 0.15) is 30.8 Å². The van der Waals surface area contributed by atoms with Crippen molar-refractivity contribution in [2.45, 2.75) is 20.3 Å². The number of nitrogens with zero attached hydrogens (tertiary/aromatic N) is 2. The summed E-state index contributed by atoms with van der Waals surface area (Å²) in [5.41, 5.74) is 6.12. The number of hydrogen-bond donors (Lipinski definition) is 4. The van der Waals surface area contributed by atoms with E-state index in [0.29, 0.717) is 30.7 Å². The summed E-state index contributed by atoms with van der Waals surface area (Å²) in [6, 6.07) is 1.62. The zero-order chi connectivity index (χ0) is 14.1. The highest BCUT2D eigenvalue weighted by Gasteiger charge is 2.04. The van der Waals surface area contributed by atoms with E-state index in [4.69, 9.17) is 5.73 Å². The molecule has 0 aliphatic rings. The van der Waals surface area contributed by atoms with Crippen molar-refractivity contribution in [3.8, 4) is 0 Å². The summed E-state index contributed by atoms with van der Waals surface area (Å²) < 4.78 is 0. The molecule has 0 bridgehead atoms. The Morgan fingerprint density at radius 1 is 1.45 bits per heavy atom. The first-order chi connectivity index (χ1) is 9.09. The van der Waals surface area contributed by atoms with Crippen LogP contribution in [-0.2, 0) is 0 Å². The number of rotatable bonds is 7. The van der Waals surface area contributed by atoms with Gasteiger partial charge in [-0.05, 0) is 18.4 Å². The number of hydrogen-bond acceptors (Lipinski definition) is 3. The van der Waals surface area contributed by atoms with Gasteiger partial charge in [0.1, 0.15) is 5.69 Å². The van der Waals surface area contributed by atoms with Crippen LogP contribution in [0.4, 0.5) is 0 Å². The Morgan fingerprint density at radius 3 is 2.75 bits per heavy atom.